The van der Waals surface area contributed by atoms with Crippen molar-refractivity contribution in [3.05, 3.63) is 23.5 Å². The van der Waals surface area contributed by atoms with Gasteiger partial charge in [-0.05, 0) is 18.4 Å². The fourth-order valence-corrected chi connectivity index (χ4v) is 1.35. The van der Waals surface area contributed by atoms with Crippen LogP contribution in [0.5, 0.6) is 0 Å². The van der Waals surface area contributed by atoms with Gasteiger partial charge in [-0.3, -0.25) is 4.79 Å². The SMILES string of the molecule is O=C1CCCc2[c]c[nH]c21. The van der Waals surface area contributed by atoms with Crippen molar-refractivity contribution < 1.29 is 4.79 Å². The maximum absolute atomic E-state index is 11.1. The average Bonchev–Trinajstić information content (AvgIpc) is 2.36. The number of ketones is 1. The fraction of sp³-hybridized carbons (Fsp3) is 0.375. The van der Waals surface area contributed by atoms with Gasteiger partial charge in [-0.25, -0.2) is 0 Å². The summed E-state index contributed by atoms with van der Waals surface area (Å²) in [6, 6.07) is 3.01. The van der Waals surface area contributed by atoms with Gasteiger partial charge in [0, 0.05) is 18.7 Å². The maximum atomic E-state index is 11.1. The number of carbonyl (C=O) groups excluding carboxylic acids is 1. The van der Waals surface area contributed by atoms with Crippen LogP contribution in [0.15, 0.2) is 6.20 Å². The lowest BCUT2D eigenvalue weighted by atomic mass is 9.97. The number of Topliss-reactive ketones (excluding diaryl/α,β-unsaturated/α-hetero) is 1. The Morgan fingerprint density at radius 3 is 3.20 bits per heavy atom. The Morgan fingerprint density at radius 1 is 1.50 bits per heavy atom. The Hall–Kier alpha value is -1.05. The van der Waals surface area contributed by atoms with Crippen molar-refractivity contribution in [2.24, 2.45) is 0 Å². The summed E-state index contributed by atoms with van der Waals surface area (Å²) in [5, 5.41) is 0. The molecule has 1 N–H and O–H groups in total. The highest BCUT2D eigenvalue weighted by molar-refractivity contribution is 5.96. The lowest BCUT2D eigenvalue weighted by molar-refractivity contribution is 0.0968. The van der Waals surface area contributed by atoms with Gasteiger partial charge >= 0.3 is 0 Å². The molecule has 2 rings (SSSR count). The van der Waals surface area contributed by atoms with Crippen LogP contribution < -0.4 is 0 Å². The molecule has 1 aromatic rings. The molecule has 1 aliphatic rings. The van der Waals surface area contributed by atoms with Crippen LogP contribution in [-0.4, -0.2) is 10.8 Å². The Labute approximate surface area is 59.3 Å². The molecule has 51 valence electrons. The summed E-state index contributed by atoms with van der Waals surface area (Å²) in [4.78, 5) is 14.0. The van der Waals surface area contributed by atoms with Gasteiger partial charge in [0.1, 0.15) is 0 Å². The van der Waals surface area contributed by atoms with Crippen molar-refractivity contribution in [1.29, 1.82) is 0 Å². The van der Waals surface area contributed by atoms with Crippen molar-refractivity contribution in [3.63, 3.8) is 0 Å². The van der Waals surface area contributed by atoms with Crippen LogP contribution in [-0.2, 0) is 6.42 Å². The highest BCUT2D eigenvalue weighted by atomic mass is 16.1. The third kappa shape index (κ3) is 0.685. The number of aryl methyl sites for hydroxylation is 1. The standard InChI is InChI=1S/C8H8NO/c10-7-3-1-2-6-4-5-9-8(6)7/h5,9H,1-3H2. The Kier molecular flexibility index (Phi) is 1.13. The second-order valence-electron chi connectivity index (χ2n) is 2.56. The fourth-order valence-electron chi connectivity index (χ4n) is 1.35. The molecular weight excluding hydrogens is 126 g/mol. The van der Waals surface area contributed by atoms with E-state index in [-0.39, 0.29) is 5.78 Å². The molecule has 1 aliphatic carbocycles. The van der Waals surface area contributed by atoms with Crippen LogP contribution in [0.4, 0.5) is 0 Å². The molecule has 0 saturated carbocycles. The molecular formula is C8H8NO. The number of fused-ring (bicyclic) bond motifs is 1. The summed E-state index contributed by atoms with van der Waals surface area (Å²) in [6.07, 6.45) is 4.40. The third-order valence-corrected chi connectivity index (χ3v) is 1.87. The zero-order valence-corrected chi connectivity index (χ0v) is 5.61. The van der Waals surface area contributed by atoms with E-state index < -0.39 is 0 Å². The molecule has 1 heterocycles. The summed E-state index contributed by atoms with van der Waals surface area (Å²) in [7, 11) is 0. The Bertz CT molecular complexity index is 262. The van der Waals surface area contributed by atoms with E-state index in [4.69, 9.17) is 0 Å². The summed E-state index contributed by atoms with van der Waals surface area (Å²) in [6.45, 7) is 0. The first kappa shape index (κ1) is 5.71. The lowest BCUT2D eigenvalue weighted by Gasteiger charge is -2.07. The van der Waals surface area contributed by atoms with Crippen LogP contribution >= 0.6 is 0 Å². The number of hydrogen-bond donors (Lipinski definition) is 1. The minimum absolute atomic E-state index is 0.238. The summed E-state index contributed by atoms with van der Waals surface area (Å²) in [5.74, 6) is 0.238. The first-order valence-corrected chi connectivity index (χ1v) is 3.49. The van der Waals surface area contributed by atoms with Gasteiger partial charge in [-0.1, -0.05) is 0 Å². The van der Waals surface area contributed by atoms with E-state index in [1.54, 1.807) is 6.20 Å². The molecule has 0 saturated heterocycles. The van der Waals surface area contributed by atoms with Crippen molar-refractivity contribution in [2.45, 2.75) is 19.3 Å². The van der Waals surface area contributed by atoms with Crippen molar-refractivity contribution in [2.75, 3.05) is 0 Å². The monoisotopic (exact) mass is 134 g/mol. The minimum Gasteiger partial charge on any atom is -0.358 e. The molecule has 10 heavy (non-hydrogen) atoms. The summed E-state index contributed by atoms with van der Waals surface area (Å²) < 4.78 is 0. The maximum Gasteiger partial charge on any atom is 0.179 e. The summed E-state index contributed by atoms with van der Waals surface area (Å²) in [5.41, 5.74) is 1.85. The van der Waals surface area contributed by atoms with E-state index in [1.165, 1.54) is 0 Å². The first-order chi connectivity index (χ1) is 4.88. The normalized spacial score (nSPS) is 17.0. The molecule has 0 amide bonds. The van der Waals surface area contributed by atoms with Gasteiger partial charge in [0.05, 0.1) is 5.69 Å². The molecule has 1 aromatic heterocycles. The van der Waals surface area contributed by atoms with Gasteiger partial charge in [-0.2, -0.15) is 0 Å². The first-order valence-electron chi connectivity index (χ1n) is 3.49. The predicted molar refractivity (Wildman–Crippen MR) is 36.9 cm³/mol. The van der Waals surface area contributed by atoms with Gasteiger partial charge in [0.25, 0.3) is 0 Å². The predicted octanol–water partition coefficient (Wildman–Crippen LogP) is 1.33. The third-order valence-electron chi connectivity index (χ3n) is 1.87. The highest BCUT2D eigenvalue weighted by Crippen LogP contribution is 2.18. The topological polar surface area (TPSA) is 32.9 Å². The molecule has 0 aromatic carbocycles. The van der Waals surface area contributed by atoms with Crippen LogP contribution in [0.2, 0.25) is 0 Å². The van der Waals surface area contributed by atoms with E-state index in [0.717, 1.165) is 24.1 Å². The average molecular weight is 134 g/mol. The minimum atomic E-state index is 0.238. The van der Waals surface area contributed by atoms with Gasteiger partial charge in [-0.15, -0.1) is 0 Å². The number of rotatable bonds is 0. The van der Waals surface area contributed by atoms with Crippen molar-refractivity contribution in [1.82, 2.24) is 4.98 Å². The van der Waals surface area contributed by atoms with E-state index in [9.17, 15) is 4.79 Å². The lowest BCUT2D eigenvalue weighted by Crippen LogP contribution is -2.09. The van der Waals surface area contributed by atoms with Crippen molar-refractivity contribution in [3.8, 4) is 0 Å². The molecule has 0 aliphatic heterocycles. The molecule has 0 spiro atoms. The van der Waals surface area contributed by atoms with Crippen LogP contribution in [0.25, 0.3) is 0 Å². The largest absolute Gasteiger partial charge is 0.358 e. The molecule has 0 bridgehead atoms. The van der Waals surface area contributed by atoms with Crippen LogP contribution in [0.3, 0.4) is 0 Å². The zero-order chi connectivity index (χ0) is 6.97. The number of carbonyl (C=O) groups is 1. The molecule has 2 nitrogen and oxygen atoms in total. The number of aromatic nitrogens is 1. The Morgan fingerprint density at radius 2 is 2.40 bits per heavy atom. The number of H-pyrrole nitrogens is 1. The second-order valence-corrected chi connectivity index (χ2v) is 2.56. The molecule has 0 fully saturated rings. The zero-order valence-electron chi connectivity index (χ0n) is 5.61. The number of aromatic amines is 1. The molecule has 1 radical (unpaired) electrons. The molecule has 2 heteroatoms. The summed E-state index contributed by atoms with van der Waals surface area (Å²) >= 11 is 0. The number of hydrogen-bond acceptors (Lipinski definition) is 1. The second kappa shape index (κ2) is 1.97. The van der Waals surface area contributed by atoms with Crippen LogP contribution in [0.1, 0.15) is 28.9 Å². The van der Waals surface area contributed by atoms with Crippen molar-refractivity contribution >= 4 is 5.78 Å². The molecule has 0 atom stereocenters. The van der Waals surface area contributed by atoms with E-state index in [2.05, 4.69) is 11.1 Å². The number of nitrogens with one attached hydrogen (secondary N) is 1. The van der Waals surface area contributed by atoms with E-state index in [0.29, 0.717) is 6.42 Å². The quantitative estimate of drug-likeness (QED) is 0.570. The molecule has 0 unspecified atom stereocenters. The van der Waals surface area contributed by atoms with Gasteiger partial charge < -0.3 is 4.98 Å². The highest BCUT2D eigenvalue weighted by Gasteiger charge is 2.17. The van der Waals surface area contributed by atoms with Crippen LogP contribution in [0, 0.1) is 6.07 Å². The smallest absolute Gasteiger partial charge is 0.179 e. The van der Waals surface area contributed by atoms with Gasteiger partial charge in [0.15, 0.2) is 5.78 Å². The van der Waals surface area contributed by atoms with E-state index >= 15 is 0 Å². The van der Waals surface area contributed by atoms with E-state index in [1.807, 2.05) is 0 Å². The van der Waals surface area contributed by atoms with Gasteiger partial charge in [0.2, 0.25) is 0 Å². The Balaban J connectivity index is 2.50.